The summed E-state index contributed by atoms with van der Waals surface area (Å²) in [7, 11) is 0. The molecular weight excluding hydrogens is 324 g/mol. The molecule has 0 bridgehead atoms. The van der Waals surface area contributed by atoms with Crippen LogP contribution in [0.4, 0.5) is 11.4 Å². The highest BCUT2D eigenvalue weighted by molar-refractivity contribution is 6.35. The maximum absolute atomic E-state index is 13.0. The van der Waals surface area contributed by atoms with E-state index in [2.05, 4.69) is 18.7 Å². The molecule has 2 amide bonds. The zero-order valence-corrected chi connectivity index (χ0v) is 14.9. The molecular formula is C22H20N2O2. The second kappa shape index (κ2) is 6.30. The summed E-state index contributed by atoms with van der Waals surface area (Å²) in [4.78, 5) is 29.6. The molecule has 0 fully saturated rings. The predicted molar refractivity (Wildman–Crippen MR) is 105 cm³/mol. The number of carbonyl (C=O) groups excluding carboxylic acids is 2. The van der Waals surface area contributed by atoms with Crippen LogP contribution in [0, 0.1) is 0 Å². The molecule has 1 aliphatic heterocycles. The van der Waals surface area contributed by atoms with Crippen molar-refractivity contribution in [1.82, 2.24) is 0 Å². The van der Waals surface area contributed by atoms with Gasteiger partial charge in [0.25, 0.3) is 11.8 Å². The van der Waals surface area contributed by atoms with E-state index in [0.29, 0.717) is 16.8 Å². The molecule has 0 atom stereocenters. The molecule has 1 aliphatic rings. The van der Waals surface area contributed by atoms with Crippen LogP contribution in [0.15, 0.2) is 60.7 Å². The number of rotatable bonds is 4. The van der Waals surface area contributed by atoms with E-state index in [0.717, 1.165) is 29.5 Å². The van der Waals surface area contributed by atoms with Crippen molar-refractivity contribution < 1.29 is 9.59 Å². The minimum Gasteiger partial charge on any atom is -0.372 e. The van der Waals surface area contributed by atoms with E-state index in [1.165, 1.54) is 4.90 Å². The first-order valence-corrected chi connectivity index (χ1v) is 8.91. The van der Waals surface area contributed by atoms with Gasteiger partial charge in [-0.05, 0) is 55.6 Å². The molecule has 26 heavy (non-hydrogen) atoms. The summed E-state index contributed by atoms with van der Waals surface area (Å²) >= 11 is 0. The molecule has 3 aromatic carbocycles. The molecule has 0 unspecified atom stereocenters. The predicted octanol–water partition coefficient (Wildman–Crippen LogP) is 4.49. The van der Waals surface area contributed by atoms with Gasteiger partial charge in [0.15, 0.2) is 0 Å². The van der Waals surface area contributed by atoms with Crippen molar-refractivity contribution in [2.24, 2.45) is 0 Å². The second-order valence-corrected chi connectivity index (χ2v) is 6.34. The average Bonchev–Trinajstić information content (AvgIpc) is 2.68. The Labute approximate surface area is 152 Å². The Kier molecular flexibility index (Phi) is 3.96. The largest absolute Gasteiger partial charge is 0.372 e. The molecule has 130 valence electrons. The van der Waals surface area contributed by atoms with E-state index in [1.807, 2.05) is 48.5 Å². The minimum absolute atomic E-state index is 0.269. The van der Waals surface area contributed by atoms with Crippen LogP contribution in [-0.4, -0.2) is 24.9 Å². The smallest absolute Gasteiger partial charge is 0.265 e. The summed E-state index contributed by atoms with van der Waals surface area (Å²) in [6.45, 7) is 6.03. The monoisotopic (exact) mass is 344 g/mol. The number of amides is 2. The lowest BCUT2D eigenvalue weighted by molar-refractivity contribution is 0.0893. The third-order valence-electron chi connectivity index (χ3n) is 5.01. The molecule has 0 spiro atoms. The van der Waals surface area contributed by atoms with Crippen molar-refractivity contribution in [3.63, 3.8) is 0 Å². The number of carbonyl (C=O) groups is 2. The number of anilines is 2. The number of benzene rings is 3. The maximum atomic E-state index is 13.0. The van der Waals surface area contributed by atoms with Crippen molar-refractivity contribution in [2.45, 2.75) is 13.8 Å². The van der Waals surface area contributed by atoms with Gasteiger partial charge in [0.1, 0.15) is 0 Å². The lowest BCUT2D eigenvalue weighted by Crippen LogP contribution is -2.40. The summed E-state index contributed by atoms with van der Waals surface area (Å²) < 4.78 is 0. The van der Waals surface area contributed by atoms with E-state index in [1.54, 1.807) is 12.1 Å². The van der Waals surface area contributed by atoms with Gasteiger partial charge >= 0.3 is 0 Å². The summed E-state index contributed by atoms with van der Waals surface area (Å²) in [6.07, 6.45) is 0. The fourth-order valence-electron chi connectivity index (χ4n) is 3.67. The Morgan fingerprint density at radius 3 is 1.81 bits per heavy atom. The fraction of sp³-hybridized carbons (Fsp3) is 0.182. The first-order valence-electron chi connectivity index (χ1n) is 8.91. The molecule has 4 heteroatoms. The Bertz CT molecular complexity index is 954. The van der Waals surface area contributed by atoms with Gasteiger partial charge in [0, 0.05) is 35.3 Å². The van der Waals surface area contributed by atoms with Crippen molar-refractivity contribution in [1.29, 1.82) is 0 Å². The third-order valence-corrected chi connectivity index (χ3v) is 5.01. The molecule has 4 rings (SSSR count). The third kappa shape index (κ3) is 2.37. The van der Waals surface area contributed by atoms with E-state index in [9.17, 15) is 9.59 Å². The van der Waals surface area contributed by atoms with E-state index in [4.69, 9.17) is 0 Å². The molecule has 0 aromatic heterocycles. The highest BCUT2D eigenvalue weighted by Crippen LogP contribution is 2.33. The normalized spacial score (nSPS) is 13.4. The first kappa shape index (κ1) is 16.3. The number of hydrogen-bond donors (Lipinski definition) is 0. The molecule has 1 heterocycles. The first-order chi connectivity index (χ1) is 12.7. The van der Waals surface area contributed by atoms with Gasteiger partial charge in [-0.15, -0.1) is 0 Å². The van der Waals surface area contributed by atoms with Crippen LogP contribution >= 0.6 is 0 Å². The lowest BCUT2D eigenvalue weighted by Gasteiger charge is -2.28. The van der Waals surface area contributed by atoms with Crippen LogP contribution in [0.2, 0.25) is 0 Å². The Balaban J connectivity index is 1.79. The molecule has 0 N–H and O–H groups in total. The van der Waals surface area contributed by atoms with Crippen LogP contribution in [0.1, 0.15) is 34.6 Å². The standard InChI is InChI=1S/C22H20N2O2/c1-3-23(4-2)16-11-13-17(14-12-16)24-21(25)18-9-5-7-15-8-6-10-19(20(15)18)22(24)26/h5-14H,3-4H2,1-2H3. The molecule has 0 saturated heterocycles. The number of hydrogen-bond acceptors (Lipinski definition) is 3. The van der Waals surface area contributed by atoms with Crippen molar-refractivity contribution in [3.8, 4) is 0 Å². The lowest BCUT2D eigenvalue weighted by atomic mass is 9.94. The molecule has 3 aromatic rings. The minimum atomic E-state index is -0.269. The Morgan fingerprint density at radius 2 is 1.31 bits per heavy atom. The molecule has 0 aliphatic carbocycles. The van der Waals surface area contributed by atoms with Crippen molar-refractivity contribution >= 4 is 34.0 Å². The zero-order valence-electron chi connectivity index (χ0n) is 14.9. The number of nitrogens with zero attached hydrogens (tertiary/aromatic N) is 2. The quantitative estimate of drug-likeness (QED) is 0.655. The summed E-state index contributed by atoms with van der Waals surface area (Å²) in [5.41, 5.74) is 2.83. The topological polar surface area (TPSA) is 40.6 Å². The average molecular weight is 344 g/mol. The van der Waals surface area contributed by atoms with E-state index in [-0.39, 0.29) is 11.8 Å². The van der Waals surface area contributed by atoms with Crippen LogP contribution < -0.4 is 9.80 Å². The zero-order chi connectivity index (χ0) is 18.3. The van der Waals surface area contributed by atoms with Gasteiger partial charge in [-0.1, -0.05) is 24.3 Å². The highest BCUT2D eigenvalue weighted by atomic mass is 16.2. The summed E-state index contributed by atoms with van der Waals surface area (Å²) in [5.74, 6) is -0.537. The van der Waals surface area contributed by atoms with Crippen LogP contribution in [0.5, 0.6) is 0 Å². The van der Waals surface area contributed by atoms with Gasteiger partial charge in [0.05, 0.1) is 5.69 Å². The molecule has 0 saturated carbocycles. The van der Waals surface area contributed by atoms with E-state index < -0.39 is 0 Å². The van der Waals surface area contributed by atoms with Gasteiger partial charge < -0.3 is 4.90 Å². The number of imide groups is 1. The van der Waals surface area contributed by atoms with Crippen molar-refractivity contribution in [3.05, 3.63) is 71.8 Å². The Morgan fingerprint density at radius 1 is 0.769 bits per heavy atom. The Hall–Kier alpha value is -3.14. The molecule has 0 radical (unpaired) electrons. The van der Waals surface area contributed by atoms with Crippen molar-refractivity contribution in [2.75, 3.05) is 22.9 Å². The van der Waals surface area contributed by atoms with Crippen LogP contribution in [-0.2, 0) is 0 Å². The highest BCUT2D eigenvalue weighted by Gasteiger charge is 2.33. The van der Waals surface area contributed by atoms with Crippen LogP contribution in [0.25, 0.3) is 10.8 Å². The van der Waals surface area contributed by atoms with E-state index >= 15 is 0 Å². The maximum Gasteiger partial charge on any atom is 0.265 e. The SMILES string of the molecule is CCN(CC)c1ccc(N2C(=O)c3cccc4cccc(c34)C2=O)cc1. The summed E-state index contributed by atoms with van der Waals surface area (Å²) in [6, 6.07) is 18.8. The second-order valence-electron chi connectivity index (χ2n) is 6.34. The van der Waals surface area contributed by atoms with Gasteiger partial charge in [-0.2, -0.15) is 0 Å². The van der Waals surface area contributed by atoms with Crippen LogP contribution in [0.3, 0.4) is 0 Å². The van der Waals surface area contributed by atoms with Gasteiger partial charge in [-0.25, -0.2) is 4.90 Å². The van der Waals surface area contributed by atoms with Gasteiger partial charge in [-0.3, -0.25) is 9.59 Å². The van der Waals surface area contributed by atoms with Gasteiger partial charge in [0.2, 0.25) is 0 Å². The molecule has 4 nitrogen and oxygen atoms in total. The fourth-order valence-corrected chi connectivity index (χ4v) is 3.67. The summed E-state index contributed by atoms with van der Waals surface area (Å²) in [5, 5.41) is 1.67.